The number of amides is 1. The second-order valence-corrected chi connectivity index (χ2v) is 7.25. The number of hydrogen-bond acceptors (Lipinski definition) is 5. The molecule has 0 unspecified atom stereocenters. The largest absolute Gasteiger partial charge is 0.457 e. The zero-order valence-electron chi connectivity index (χ0n) is 17.6. The number of ether oxygens (including phenoxy) is 1. The van der Waals surface area contributed by atoms with E-state index in [4.69, 9.17) is 10.5 Å². The van der Waals surface area contributed by atoms with Crippen LogP contribution < -0.4 is 10.5 Å². The molecule has 0 aliphatic carbocycles. The minimum atomic E-state index is -4.43. The number of carbonyl (C=O) groups is 1. The molecule has 7 nitrogen and oxygen atoms in total. The number of aryl methyl sites for hydroxylation is 2. The maximum atomic E-state index is 12.8. The van der Waals surface area contributed by atoms with Crippen LogP contribution in [0.2, 0.25) is 0 Å². The molecule has 10 heteroatoms. The molecule has 2 aromatic heterocycles. The van der Waals surface area contributed by atoms with E-state index < -0.39 is 17.6 Å². The zero-order chi connectivity index (χ0) is 23.8. The summed E-state index contributed by atoms with van der Waals surface area (Å²) < 4.78 is 45.9. The highest BCUT2D eigenvalue weighted by atomic mass is 19.4. The minimum Gasteiger partial charge on any atom is -0.457 e. The Hall–Kier alpha value is -4.21. The fourth-order valence-electron chi connectivity index (χ4n) is 3.30. The van der Waals surface area contributed by atoms with Crippen LogP contribution in [0.3, 0.4) is 0 Å². The molecule has 33 heavy (non-hydrogen) atoms. The van der Waals surface area contributed by atoms with Gasteiger partial charge in [-0.3, -0.25) is 9.48 Å². The van der Waals surface area contributed by atoms with Crippen molar-refractivity contribution >= 4 is 5.91 Å². The Morgan fingerprint density at radius 1 is 0.970 bits per heavy atom. The average molecular weight is 453 g/mol. The van der Waals surface area contributed by atoms with Gasteiger partial charge in [-0.05, 0) is 61.5 Å². The number of alkyl halides is 3. The highest BCUT2D eigenvalue weighted by molar-refractivity contribution is 5.91. The molecule has 0 saturated heterocycles. The van der Waals surface area contributed by atoms with Gasteiger partial charge in [-0.2, -0.15) is 18.3 Å². The number of carbonyl (C=O) groups excluding carboxylic acids is 1. The lowest BCUT2D eigenvalue weighted by Crippen LogP contribution is -2.14. The first-order valence-corrected chi connectivity index (χ1v) is 9.75. The molecule has 1 amide bonds. The molecular formula is C23H18F3N5O2. The maximum absolute atomic E-state index is 12.8. The lowest BCUT2D eigenvalue weighted by atomic mass is 10.0. The third kappa shape index (κ3) is 4.69. The molecule has 2 N–H and O–H groups in total. The van der Waals surface area contributed by atoms with Crippen molar-refractivity contribution in [2.24, 2.45) is 12.8 Å². The third-order valence-electron chi connectivity index (χ3n) is 4.85. The van der Waals surface area contributed by atoms with Crippen LogP contribution >= 0.6 is 0 Å². The number of nitrogens with two attached hydrogens (primary N) is 1. The number of halogens is 3. The summed E-state index contributed by atoms with van der Waals surface area (Å²) in [6.45, 7) is 1.73. The van der Waals surface area contributed by atoms with Crippen molar-refractivity contribution in [3.63, 3.8) is 0 Å². The molecule has 0 fully saturated rings. The van der Waals surface area contributed by atoms with Crippen LogP contribution in [0.15, 0.2) is 60.8 Å². The lowest BCUT2D eigenvalue weighted by Gasteiger charge is -2.14. The molecule has 0 aliphatic rings. The van der Waals surface area contributed by atoms with Crippen LogP contribution in [0.25, 0.3) is 22.6 Å². The number of hydrogen-bond donors (Lipinski definition) is 1. The van der Waals surface area contributed by atoms with Crippen molar-refractivity contribution in [1.82, 2.24) is 19.7 Å². The van der Waals surface area contributed by atoms with Gasteiger partial charge in [0, 0.05) is 30.1 Å². The highest BCUT2D eigenvalue weighted by Gasteiger charge is 2.30. The summed E-state index contributed by atoms with van der Waals surface area (Å²) in [5.41, 5.74) is 7.26. The summed E-state index contributed by atoms with van der Waals surface area (Å²) in [6, 6.07) is 12.8. The molecule has 0 spiro atoms. The van der Waals surface area contributed by atoms with Crippen molar-refractivity contribution in [3.8, 4) is 34.1 Å². The summed E-state index contributed by atoms with van der Waals surface area (Å²) >= 11 is 0. The standard InChI is InChI=1S/C23H18F3N5O2/c1-13-11-19(21(27)32)30-22(29-13)17-8-7-16(12-18(17)20-9-10-28-31(20)2)33-15-5-3-14(4-6-15)23(24,25)26/h3-12H,1-2H3,(H2,27,32). The maximum Gasteiger partial charge on any atom is 0.416 e. The Labute approximate surface area is 186 Å². The first-order valence-electron chi connectivity index (χ1n) is 9.75. The van der Waals surface area contributed by atoms with Gasteiger partial charge in [0.15, 0.2) is 5.82 Å². The highest BCUT2D eigenvalue weighted by Crippen LogP contribution is 2.36. The fraction of sp³-hybridized carbons (Fsp3) is 0.130. The SMILES string of the molecule is Cc1cc(C(N)=O)nc(-c2ccc(Oc3ccc(C(F)(F)F)cc3)cc2-c2ccnn2C)n1. The Balaban J connectivity index is 1.77. The molecule has 0 bridgehead atoms. The van der Waals surface area contributed by atoms with Crippen LogP contribution in [0.1, 0.15) is 21.7 Å². The third-order valence-corrected chi connectivity index (χ3v) is 4.85. The van der Waals surface area contributed by atoms with Crippen molar-refractivity contribution in [1.29, 1.82) is 0 Å². The van der Waals surface area contributed by atoms with Crippen molar-refractivity contribution in [3.05, 3.63) is 77.7 Å². The van der Waals surface area contributed by atoms with E-state index in [1.54, 1.807) is 49.1 Å². The first kappa shape index (κ1) is 22.0. The quantitative estimate of drug-likeness (QED) is 0.470. The monoisotopic (exact) mass is 453 g/mol. The molecule has 4 rings (SSSR count). The molecule has 0 atom stereocenters. The molecule has 2 aromatic carbocycles. The predicted molar refractivity (Wildman–Crippen MR) is 114 cm³/mol. The van der Waals surface area contributed by atoms with Gasteiger partial charge in [0.05, 0.1) is 11.3 Å². The normalized spacial score (nSPS) is 11.4. The van der Waals surface area contributed by atoms with Crippen molar-refractivity contribution < 1.29 is 22.7 Å². The van der Waals surface area contributed by atoms with Gasteiger partial charge in [-0.15, -0.1) is 0 Å². The average Bonchev–Trinajstić information content (AvgIpc) is 3.18. The molecule has 0 aliphatic heterocycles. The van der Waals surface area contributed by atoms with E-state index in [0.717, 1.165) is 12.1 Å². The molecule has 168 valence electrons. The zero-order valence-corrected chi connectivity index (χ0v) is 17.6. The summed E-state index contributed by atoms with van der Waals surface area (Å²) in [4.78, 5) is 20.4. The fourth-order valence-corrected chi connectivity index (χ4v) is 3.30. The summed E-state index contributed by atoms with van der Waals surface area (Å²) in [5.74, 6) is 0.249. The molecule has 0 radical (unpaired) electrons. The van der Waals surface area contributed by atoms with Crippen LogP contribution in [0, 0.1) is 6.92 Å². The van der Waals surface area contributed by atoms with Gasteiger partial charge < -0.3 is 10.5 Å². The van der Waals surface area contributed by atoms with Gasteiger partial charge in [-0.1, -0.05) is 0 Å². The second-order valence-electron chi connectivity index (χ2n) is 7.25. The smallest absolute Gasteiger partial charge is 0.416 e. The van der Waals surface area contributed by atoms with Crippen LogP contribution in [0.5, 0.6) is 11.5 Å². The van der Waals surface area contributed by atoms with Crippen LogP contribution in [-0.4, -0.2) is 25.7 Å². The molecule has 0 saturated carbocycles. The lowest BCUT2D eigenvalue weighted by molar-refractivity contribution is -0.137. The van der Waals surface area contributed by atoms with E-state index in [0.29, 0.717) is 34.1 Å². The van der Waals surface area contributed by atoms with Crippen LogP contribution in [-0.2, 0) is 13.2 Å². The number of nitrogens with zero attached hydrogens (tertiary/aromatic N) is 4. The van der Waals surface area contributed by atoms with E-state index in [1.165, 1.54) is 18.2 Å². The van der Waals surface area contributed by atoms with Gasteiger partial charge in [-0.25, -0.2) is 9.97 Å². The minimum absolute atomic E-state index is 0.0820. The summed E-state index contributed by atoms with van der Waals surface area (Å²) in [5, 5.41) is 4.19. The number of benzene rings is 2. The Bertz CT molecular complexity index is 1330. The van der Waals surface area contributed by atoms with E-state index >= 15 is 0 Å². The molecule has 4 aromatic rings. The van der Waals surface area contributed by atoms with E-state index in [-0.39, 0.29) is 11.4 Å². The Kier molecular flexibility index (Phi) is 5.59. The second kappa shape index (κ2) is 8.38. The van der Waals surface area contributed by atoms with Gasteiger partial charge in [0.1, 0.15) is 17.2 Å². The summed E-state index contributed by atoms with van der Waals surface area (Å²) in [7, 11) is 1.76. The Morgan fingerprint density at radius 2 is 1.67 bits per heavy atom. The topological polar surface area (TPSA) is 95.9 Å². The van der Waals surface area contributed by atoms with E-state index in [9.17, 15) is 18.0 Å². The summed E-state index contributed by atoms with van der Waals surface area (Å²) in [6.07, 6.45) is -2.81. The molecular weight excluding hydrogens is 435 g/mol. The van der Waals surface area contributed by atoms with E-state index in [1.807, 2.05) is 0 Å². The van der Waals surface area contributed by atoms with E-state index in [2.05, 4.69) is 15.1 Å². The Morgan fingerprint density at radius 3 is 2.27 bits per heavy atom. The van der Waals surface area contributed by atoms with Gasteiger partial charge in [0.2, 0.25) is 0 Å². The number of rotatable bonds is 5. The number of primary amides is 1. The van der Waals surface area contributed by atoms with Crippen molar-refractivity contribution in [2.75, 3.05) is 0 Å². The molecule has 2 heterocycles. The van der Waals surface area contributed by atoms with Crippen molar-refractivity contribution in [2.45, 2.75) is 13.1 Å². The van der Waals surface area contributed by atoms with Gasteiger partial charge in [0.25, 0.3) is 5.91 Å². The number of aromatic nitrogens is 4. The predicted octanol–water partition coefficient (Wildman–Crippen LogP) is 4.76. The van der Waals surface area contributed by atoms with Gasteiger partial charge >= 0.3 is 6.18 Å². The first-order chi connectivity index (χ1) is 15.6. The van der Waals surface area contributed by atoms with Crippen LogP contribution in [0.4, 0.5) is 13.2 Å².